The van der Waals surface area contributed by atoms with E-state index in [9.17, 15) is 27.9 Å². The number of nitrogens with zero attached hydrogens (tertiary/aromatic N) is 1. The van der Waals surface area contributed by atoms with Crippen molar-refractivity contribution in [3.63, 3.8) is 0 Å². The number of imide groups is 1. The number of hydrogen-bond donors (Lipinski definition) is 3. The molecule has 0 saturated carbocycles. The van der Waals surface area contributed by atoms with E-state index < -0.39 is 46.2 Å². The van der Waals surface area contributed by atoms with Gasteiger partial charge >= 0.3 is 12.0 Å². The Morgan fingerprint density at radius 3 is 2.30 bits per heavy atom. The maximum absolute atomic E-state index is 13.1. The average Bonchev–Trinajstić information content (AvgIpc) is 3.03. The molecule has 1 aliphatic heterocycles. The molecular weight excluding hydrogens is 414 g/mol. The Kier molecular flexibility index (Phi) is 6.90. The number of rotatable bonds is 5. The van der Waals surface area contributed by atoms with Crippen LogP contribution < -0.4 is 11.1 Å². The Bertz CT molecular complexity index is 922. The van der Waals surface area contributed by atoms with Crippen LogP contribution in [-0.4, -0.2) is 60.5 Å². The van der Waals surface area contributed by atoms with E-state index in [0.29, 0.717) is 0 Å². The van der Waals surface area contributed by atoms with Crippen LogP contribution in [0.5, 0.6) is 0 Å². The summed E-state index contributed by atoms with van der Waals surface area (Å²) in [5.74, 6) is -1.95. The molecule has 0 aliphatic carbocycles. The van der Waals surface area contributed by atoms with Crippen LogP contribution in [0.3, 0.4) is 0 Å². The van der Waals surface area contributed by atoms with Crippen molar-refractivity contribution in [2.24, 2.45) is 5.73 Å². The number of primary amides is 1. The van der Waals surface area contributed by atoms with Gasteiger partial charge < -0.3 is 15.6 Å². The van der Waals surface area contributed by atoms with Crippen molar-refractivity contribution >= 4 is 27.9 Å². The highest BCUT2D eigenvalue weighted by atomic mass is 32.2. The minimum atomic E-state index is -4.11. The molecule has 1 fully saturated rings. The molecule has 2 rings (SSSR count). The molecule has 30 heavy (non-hydrogen) atoms. The van der Waals surface area contributed by atoms with Crippen molar-refractivity contribution < 1.29 is 32.6 Å². The third-order valence-electron chi connectivity index (χ3n) is 4.74. The van der Waals surface area contributed by atoms with Crippen LogP contribution in [0.25, 0.3) is 0 Å². The predicted molar refractivity (Wildman–Crippen MR) is 107 cm³/mol. The van der Waals surface area contributed by atoms with Crippen molar-refractivity contribution in [1.29, 1.82) is 0 Å². The maximum atomic E-state index is 13.1. The zero-order valence-corrected chi connectivity index (χ0v) is 18.1. The quantitative estimate of drug-likeness (QED) is 0.552. The highest BCUT2D eigenvalue weighted by Gasteiger charge is 2.45. The van der Waals surface area contributed by atoms with Crippen LogP contribution >= 0.6 is 0 Å². The lowest BCUT2D eigenvalue weighted by molar-refractivity contribution is -0.157. The number of nitrogens with one attached hydrogen (secondary N) is 1. The molecule has 0 radical (unpaired) electrons. The van der Waals surface area contributed by atoms with Gasteiger partial charge in [0, 0.05) is 13.0 Å². The van der Waals surface area contributed by atoms with E-state index in [1.165, 1.54) is 19.1 Å². The summed E-state index contributed by atoms with van der Waals surface area (Å²) in [5.41, 5.74) is 5.62. The molecule has 1 aromatic rings. The number of aliphatic hydroxyl groups excluding tert-OH is 1. The number of esters is 1. The van der Waals surface area contributed by atoms with E-state index in [1.807, 2.05) is 20.8 Å². The molecule has 4 N–H and O–H groups in total. The van der Waals surface area contributed by atoms with Gasteiger partial charge in [0.05, 0.1) is 11.0 Å². The van der Waals surface area contributed by atoms with Gasteiger partial charge in [-0.15, -0.1) is 0 Å². The first kappa shape index (κ1) is 23.8. The smallest absolute Gasteiger partial charge is 0.325 e. The maximum Gasteiger partial charge on any atom is 0.325 e. The Morgan fingerprint density at radius 2 is 1.80 bits per heavy atom. The largest absolute Gasteiger partial charge is 0.451 e. The summed E-state index contributed by atoms with van der Waals surface area (Å²) < 4.78 is 32.0. The molecule has 3 atom stereocenters. The van der Waals surface area contributed by atoms with Crippen molar-refractivity contribution in [2.45, 2.75) is 62.7 Å². The monoisotopic (exact) mass is 441 g/mol. The number of ether oxygens (including phenoxy) is 1. The predicted octanol–water partition coefficient (Wildman–Crippen LogP) is 0.235. The number of benzene rings is 1. The number of β-amino-alcohol motifs (C(OH)–C–C–N with tert-alkyl or cyclic N) is 1. The Hall–Kier alpha value is -2.50. The Balaban J connectivity index is 2.23. The van der Waals surface area contributed by atoms with Gasteiger partial charge in [0.1, 0.15) is 6.04 Å². The summed E-state index contributed by atoms with van der Waals surface area (Å²) in [6.45, 7) is 6.91. The molecule has 10 nitrogen and oxygen atoms in total. The van der Waals surface area contributed by atoms with Crippen LogP contribution in [-0.2, 0) is 29.8 Å². The van der Waals surface area contributed by atoms with Crippen LogP contribution in [0.1, 0.15) is 39.7 Å². The molecule has 0 unspecified atom stereocenters. The van der Waals surface area contributed by atoms with E-state index >= 15 is 0 Å². The summed E-state index contributed by atoms with van der Waals surface area (Å²) in [4.78, 5) is 35.0. The number of sulfonamides is 1. The number of urea groups is 1. The van der Waals surface area contributed by atoms with E-state index in [1.54, 1.807) is 17.4 Å². The molecule has 1 saturated heterocycles. The van der Waals surface area contributed by atoms with Crippen molar-refractivity contribution in [1.82, 2.24) is 9.62 Å². The first-order valence-corrected chi connectivity index (χ1v) is 10.8. The highest BCUT2D eigenvalue weighted by molar-refractivity contribution is 7.89. The topological polar surface area (TPSA) is 156 Å². The number of aliphatic hydroxyl groups is 1. The molecule has 1 aromatic carbocycles. The molecule has 11 heteroatoms. The van der Waals surface area contributed by atoms with Crippen LogP contribution in [0.15, 0.2) is 29.2 Å². The molecule has 0 aromatic heterocycles. The van der Waals surface area contributed by atoms with E-state index in [-0.39, 0.29) is 23.3 Å². The second kappa shape index (κ2) is 8.70. The van der Waals surface area contributed by atoms with Gasteiger partial charge in [0.2, 0.25) is 10.0 Å². The van der Waals surface area contributed by atoms with E-state index in [0.717, 1.165) is 9.87 Å². The lowest BCUT2D eigenvalue weighted by Gasteiger charge is -2.24. The standard InChI is InChI=1S/C19H27N3O7S/c1-11(16(24)21-18(20)26)29-17(25)15-9-13(23)10-22(15)30(27,28)14-7-5-12(6-8-14)19(2,3)4/h5-8,11,13,15,23H,9-10H2,1-4H3,(H3,20,21,24,26)/t11-,13+,15+/m1/s1. The van der Waals surface area contributed by atoms with Crippen LogP contribution in [0.4, 0.5) is 4.79 Å². The zero-order valence-electron chi connectivity index (χ0n) is 17.3. The number of amides is 3. The molecular formula is C19H27N3O7S. The van der Waals surface area contributed by atoms with Gasteiger partial charge in [0.25, 0.3) is 5.91 Å². The normalized spacial score (nSPS) is 21.1. The summed E-state index contributed by atoms with van der Waals surface area (Å²) in [5, 5.41) is 11.8. The number of hydrogen-bond acceptors (Lipinski definition) is 7. The summed E-state index contributed by atoms with van der Waals surface area (Å²) in [6, 6.07) is 3.88. The first-order valence-electron chi connectivity index (χ1n) is 9.34. The second-order valence-electron chi connectivity index (χ2n) is 8.19. The first-order chi connectivity index (χ1) is 13.7. The SMILES string of the molecule is C[C@@H](OC(=O)[C@@H]1C[C@H](O)CN1S(=O)(=O)c1ccc(C(C)(C)C)cc1)C(=O)NC(N)=O. The molecule has 1 heterocycles. The minimum absolute atomic E-state index is 0.0260. The fourth-order valence-electron chi connectivity index (χ4n) is 3.06. The van der Waals surface area contributed by atoms with E-state index in [4.69, 9.17) is 10.5 Å². The highest BCUT2D eigenvalue weighted by Crippen LogP contribution is 2.29. The number of carbonyl (C=O) groups is 3. The molecule has 166 valence electrons. The van der Waals surface area contributed by atoms with Gasteiger partial charge in [-0.2, -0.15) is 4.31 Å². The third kappa shape index (κ3) is 5.35. The molecule has 3 amide bonds. The fourth-order valence-corrected chi connectivity index (χ4v) is 4.68. The fraction of sp³-hybridized carbons (Fsp3) is 0.526. The van der Waals surface area contributed by atoms with Gasteiger partial charge in [-0.3, -0.25) is 14.9 Å². The van der Waals surface area contributed by atoms with Crippen LogP contribution in [0.2, 0.25) is 0 Å². The van der Waals surface area contributed by atoms with Gasteiger partial charge in [-0.1, -0.05) is 32.9 Å². The molecule has 1 aliphatic rings. The summed E-state index contributed by atoms with van der Waals surface area (Å²) >= 11 is 0. The van der Waals surface area contributed by atoms with E-state index in [2.05, 4.69) is 0 Å². The van der Waals surface area contributed by atoms with Gasteiger partial charge in [0.15, 0.2) is 6.10 Å². The third-order valence-corrected chi connectivity index (χ3v) is 6.63. The zero-order chi connectivity index (χ0) is 22.9. The second-order valence-corrected chi connectivity index (χ2v) is 10.1. The Labute approximate surface area is 175 Å². The summed E-state index contributed by atoms with van der Waals surface area (Å²) in [6.07, 6.45) is -2.62. The van der Waals surface area contributed by atoms with Gasteiger partial charge in [-0.05, 0) is 30.0 Å². The Morgan fingerprint density at radius 1 is 1.23 bits per heavy atom. The van der Waals surface area contributed by atoms with Crippen LogP contribution in [0, 0.1) is 0 Å². The summed E-state index contributed by atoms with van der Waals surface area (Å²) in [7, 11) is -4.11. The van der Waals surface area contributed by atoms with Crippen molar-refractivity contribution in [2.75, 3.05) is 6.54 Å². The lowest BCUT2D eigenvalue weighted by Crippen LogP contribution is -2.46. The number of carbonyl (C=O) groups excluding carboxylic acids is 3. The number of nitrogens with two attached hydrogens (primary N) is 1. The minimum Gasteiger partial charge on any atom is -0.451 e. The molecule has 0 bridgehead atoms. The lowest BCUT2D eigenvalue weighted by atomic mass is 9.87. The van der Waals surface area contributed by atoms with Gasteiger partial charge in [-0.25, -0.2) is 13.2 Å². The molecule has 0 spiro atoms. The van der Waals surface area contributed by atoms with Crippen molar-refractivity contribution in [3.05, 3.63) is 29.8 Å². The average molecular weight is 442 g/mol. The van der Waals surface area contributed by atoms with Crippen molar-refractivity contribution in [3.8, 4) is 0 Å².